The fourth-order valence-corrected chi connectivity index (χ4v) is 4.61. The number of anilines is 2. The number of ether oxygens (including phenoxy) is 1. The van der Waals surface area contributed by atoms with Crippen LogP contribution in [-0.4, -0.2) is 48.5 Å². The van der Waals surface area contributed by atoms with E-state index in [1.807, 2.05) is 6.92 Å². The molecule has 1 aliphatic heterocycles. The molecule has 3 heterocycles. The maximum atomic E-state index is 13.2. The van der Waals surface area contributed by atoms with Crippen molar-refractivity contribution in [3.63, 3.8) is 0 Å². The highest BCUT2D eigenvalue weighted by molar-refractivity contribution is 7.18. The van der Waals surface area contributed by atoms with E-state index in [4.69, 9.17) is 16.3 Å². The van der Waals surface area contributed by atoms with Gasteiger partial charge in [-0.05, 0) is 60.5 Å². The Balaban J connectivity index is 1.50. The molecule has 2 N–H and O–H groups in total. The van der Waals surface area contributed by atoms with Crippen molar-refractivity contribution in [2.45, 2.75) is 19.4 Å². The van der Waals surface area contributed by atoms with Crippen molar-refractivity contribution in [3.8, 4) is 0 Å². The minimum Gasteiger partial charge on any atom is -0.370 e. The quantitative estimate of drug-likeness (QED) is 0.519. The predicted octanol–water partition coefficient (Wildman–Crippen LogP) is 3.45. The van der Waals surface area contributed by atoms with Crippen LogP contribution in [0.15, 0.2) is 54.9 Å². The van der Waals surface area contributed by atoms with Gasteiger partial charge >= 0.3 is 0 Å². The summed E-state index contributed by atoms with van der Waals surface area (Å²) in [5.41, 5.74) is 3.05. The van der Waals surface area contributed by atoms with Crippen LogP contribution in [0.3, 0.4) is 0 Å². The van der Waals surface area contributed by atoms with E-state index in [1.54, 1.807) is 59.8 Å². The number of thiophene rings is 1. The fourth-order valence-electron chi connectivity index (χ4n) is 3.67. The maximum Gasteiger partial charge on any atom is 0.262 e. The lowest BCUT2D eigenvalue weighted by Crippen LogP contribution is -2.45. The number of carbonyl (C=O) groups excluding carboxylic acids is 3. The zero-order chi connectivity index (χ0) is 24.1. The van der Waals surface area contributed by atoms with Gasteiger partial charge in [0.15, 0.2) is 0 Å². The van der Waals surface area contributed by atoms with Gasteiger partial charge in [0.1, 0.15) is 12.6 Å². The van der Waals surface area contributed by atoms with Crippen LogP contribution >= 0.6 is 22.9 Å². The first kappa shape index (κ1) is 23.9. The molecule has 1 atom stereocenters. The third-order valence-electron chi connectivity index (χ3n) is 5.35. The molecule has 1 fully saturated rings. The third-order valence-corrected chi connectivity index (χ3v) is 6.58. The molecular formula is C24H23ClN4O4S. The van der Waals surface area contributed by atoms with Crippen molar-refractivity contribution in [1.29, 1.82) is 0 Å². The molecule has 0 radical (unpaired) electrons. The number of morpholine rings is 1. The summed E-state index contributed by atoms with van der Waals surface area (Å²) >= 11 is 7.10. The van der Waals surface area contributed by atoms with E-state index in [1.165, 1.54) is 0 Å². The highest BCUT2D eigenvalue weighted by Crippen LogP contribution is 2.25. The Kier molecular flexibility index (Phi) is 7.56. The molecule has 0 aliphatic carbocycles. The van der Waals surface area contributed by atoms with E-state index >= 15 is 0 Å². The van der Waals surface area contributed by atoms with Crippen molar-refractivity contribution in [1.82, 2.24) is 10.3 Å². The molecule has 0 spiro atoms. The molecule has 2 aromatic heterocycles. The molecular weight excluding hydrogens is 476 g/mol. The third kappa shape index (κ3) is 5.80. The number of pyridine rings is 1. The van der Waals surface area contributed by atoms with Crippen molar-refractivity contribution in [2.24, 2.45) is 0 Å². The average molecular weight is 499 g/mol. The highest BCUT2D eigenvalue weighted by Gasteiger charge is 2.24. The molecule has 3 aromatic rings. The number of amides is 3. The van der Waals surface area contributed by atoms with Crippen molar-refractivity contribution >= 4 is 52.0 Å². The number of carbonyl (C=O) groups is 3. The second-order valence-electron chi connectivity index (χ2n) is 7.78. The molecule has 0 unspecified atom stereocenters. The van der Waals surface area contributed by atoms with Crippen molar-refractivity contribution < 1.29 is 19.1 Å². The molecule has 176 valence electrons. The van der Waals surface area contributed by atoms with Gasteiger partial charge in [0.25, 0.3) is 11.8 Å². The van der Waals surface area contributed by atoms with E-state index < -0.39 is 6.04 Å². The minimum atomic E-state index is -0.823. The molecule has 8 nitrogen and oxygen atoms in total. The molecule has 0 bridgehead atoms. The lowest BCUT2D eigenvalue weighted by atomic mass is 10.1. The number of hydrogen-bond donors (Lipinski definition) is 2. The average Bonchev–Trinajstić information content (AvgIpc) is 3.26. The number of rotatable bonds is 7. The lowest BCUT2D eigenvalue weighted by Gasteiger charge is -2.28. The second kappa shape index (κ2) is 10.8. The second-order valence-corrected chi connectivity index (χ2v) is 9.49. The van der Waals surface area contributed by atoms with E-state index in [9.17, 15) is 14.4 Å². The van der Waals surface area contributed by atoms with Gasteiger partial charge in [-0.2, -0.15) is 0 Å². The molecule has 1 saturated heterocycles. The number of aromatic nitrogens is 1. The van der Waals surface area contributed by atoms with Crippen LogP contribution < -0.4 is 15.5 Å². The number of nitrogens with one attached hydrogen (secondary N) is 2. The van der Waals surface area contributed by atoms with Crippen LogP contribution in [-0.2, 0) is 20.7 Å². The molecule has 34 heavy (non-hydrogen) atoms. The maximum absolute atomic E-state index is 13.2. The molecule has 0 saturated carbocycles. The Morgan fingerprint density at radius 1 is 1.21 bits per heavy atom. The van der Waals surface area contributed by atoms with Crippen LogP contribution in [0.5, 0.6) is 0 Å². The first-order valence-electron chi connectivity index (χ1n) is 10.7. The predicted molar refractivity (Wildman–Crippen MR) is 132 cm³/mol. The Labute approximate surface area is 205 Å². The van der Waals surface area contributed by atoms with Crippen LogP contribution in [0.4, 0.5) is 11.4 Å². The summed E-state index contributed by atoms with van der Waals surface area (Å²) in [6, 6.07) is 11.4. The largest absolute Gasteiger partial charge is 0.370 e. The van der Waals surface area contributed by atoms with Gasteiger partial charge in [0.2, 0.25) is 5.91 Å². The molecule has 1 aromatic carbocycles. The van der Waals surface area contributed by atoms with Gasteiger partial charge in [0, 0.05) is 36.7 Å². The van der Waals surface area contributed by atoms with Gasteiger partial charge in [-0.25, -0.2) is 0 Å². The van der Waals surface area contributed by atoms with Crippen LogP contribution in [0.1, 0.15) is 20.8 Å². The first-order chi connectivity index (χ1) is 16.4. The summed E-state index contributed by atoms with van der Waals surface area (Å²) in [7, 11) is 0. The van der Waals surface area contributed by atoms with E-state index in [2.05, 4.69) is 15.6 Å². The van der Waals surface area contributed by atoms with Crippen LogP contribution in [0, 0.1) is 6.92 Å². The van der Waals surface area contributed by atoms with Crippen molar-refractivity contribution in [2.75, 3.05) is 30.0 Å². The van der Waals surface area contributed by atoms with Gasteiger partial charge in [-0.15, -0.1) is 11.3 Å². The van der Waals surface area contributed by atoms with Gasteiger partial charge < -0.3 is 20.3 Å². The first-order valence-corrected chi connectivity index (χ1v) is 11.8. The number of nitrogens with zero attached hydrogens (tertiary/aromatic N) is 2. The van der Waals surface area contributed by atoms with E-state index in [0.717, 1.165) is 28.2 Å². The fraction of sp³-hybridized carbons (Fsp3) is 0.250. The summed E-state index contributed by atoms with van der Waals surface area (Å²) in [6.07, 6.45) is 3.57. The van der Waals surface area contributed by atoms with E-state index in [0.29, 0.717) is 34.5 Å². The number of halogens is 1. The Morgan fingerprint density at radius 2 is 2.00 bits per heavy atom. The normalized spacial score (nSPS) is 14.5. The van der Waals surface area contributed by atoms with Gasteiger partial charge in [0.05, 0.1) is 15.8 Å². The zero-order valence-corrected chi connectivity index (χ0v) is 20.0. The highest BCUT2D eigenvalue weighted by atomic mass is 35.5. The summed E-state index contributed by atoms with van der Waals surface area (Å²) < 4.78 is 5.69. The zero-order valence-electron chi connectivity index (χ0n) is 18.4. The molecule has 4 rings (SSSR count). The Morgan fingerprint density at radius 3 is 2.68 bits per heavy atom. The minimum absolute atomic E-state index is 0.0593. The SMILES string of the molecule is Cc1cc(NC(=O)[C@@H](Cc2ccncc2)NC(=O)c2ccc(Cl)s2)ccc1N1CCOCC1=O. The molecule has 10 heteroatoms. The van der Waals surface area contributed by atoms with Gasteiger partial charge in [-0.3, -0.25) is 19.4 Å². The Bertz CT molecular complexity index is 1200. The topological polar surface area (TPSA) is 101 Å². The Hall–Kier alpha value is -3.27. The molecule has 1 aliphatic rings. The lowest BCUT2D eigenvalue weighted by molar-refractivity contribution is -0.125. The smallest absolute Gasteiger partial charge is 0.262 e. The van der Waals surface area contributed by atoms with E-state index in [-0.39, 0.29) is 24.3 Å². The van der Waals surface area contributed by atoms with Crippen LogP contribution in [0.25, 0.3) is 0 Å². The van der Waals surface area contributed by atoms with Gasteiger partial charge in [-0.1, -0.05) is 11.6 Å². The van der Waals surface area contributed by atoms with Crippen molar-refractivity contribution in [3.05, 3.63) is 75.2 Å². The monoisotopic (exact) mass is 498 g/mol. The standard InChI is InChI=1S/C24H23ClN4O4S/c1-15-12-17(2-3-19(15)29-10-11-33-14-22(29)30)27-23(31)18(13-16-6-8-26-9-7-16)28-24(32)20-4-5-21(25)34-20/h2-9,12,18H,10-11,13-14H2,1H3,(H,27,31)(H,28,32)/t18-/m1/s1. The number of benzene rings is 1. The molecule has 3 amide bonds. The summed E-state index contributed by atoms with van der Waals surface area (Å²) in [4.78, 5) is 44.2. The summed E-state index contributed by atoms with van der Waals surface area (Å²) in [6.45, 7) is 2.90. The number of hydrogen-bond acceptors (Lipinski definition) is 6. The summed E-state index contributed by atoms with van der Waals surface area (Å²) in [5.74, 6) is -0.828. The summed E-state index contributed by atoms with van der Waals surface area (Å²) in [5, 5.41) is 5.70. The van der Waals surface area contributed by atoms with Crippen LogP contribution in [0.2, 0.25) is 4.34 Å². The number of aryl methyl sites for hydroxylation is 1.